The predicted octanol–water partition coefficient (Wildman–Crippen LogP) is 2.94. The second kappa shape index (κ2) is 7.53. The summed E-state index contributed by atoms with van der Waals surface area (Å²) in [5, 5.41) is 12.0. The van der Waals surface area contributed by atoms with Crippen molar-refractivity contribution in [3.63, 3.8) is 0 Å². The number of thiocarbonyl (C=S) groups is 1. The number of anilines is 1. The Morgan fingerprint density at radius 1 is 1.44 bits per heavy atom. The molecule has 0 atom stereocenters. The van der Waals surface area contributed by atoms with Gasteiger partial charge in [-0.15, -0.1) is 11.3 Å². The van der Waals surface area contributed by atoms with Crippen LogP contribution in [0.5, 0.6) is 0 Å². The molecule has 134 valence electrons. The first-order valence-corrected chi connectivity index (χ1v) is 9.49. The number of rotatable bonds is 4. The van der Waals surface area contributed by atoms with Crippen molar-refractivity contribution in [1.29, 1.82) is 0 Å². The van der Waals surface area contributed by atoms with Crippen molar-refractivity contribution in [2.24, 2.45) is 7.05 Å². The normalized spacial score (nSPS) is 13.2. The number of aryl methyl sites for hydroxylation is 3. The first-order chi connectivity index (χ1) is 12.0. The van der Waals surface area contributed by atoms with Gasteiger partial charge in [0.2, 0.25) is 0 Å². The van der Waals surface area contributed by atoms with Crippen LogP contribution >= 0.6 is 23.6 Å². The van der Waals surface area contributed by atoms with Gasteiger partial charge >= 0.3 is 5.97 Å². The highest BCUT2D eigenvalue weighted by molar-refractivity contribution is 7.80. The molecule has 6 nitrogen and oxygen atoms in total. The molecule has 0 aliphatic heterocycles. The summed E-state index contributed by atoms with van der Waals surface area (Å²) in [6.45, 7) is 2.54. The maximum atomic E-state index is 12.2. The molecule has 2 N–H and O–H groups in total. The van der Waals surface area contributed by atoms with E-state index >= 15 is 0 Å². The van der Waals surface area contributed by atoms with Crippen LogP contribution < -0.4 is 10.6 Å². The second-order valence-corrected chi connectivity index (χ2v) is 7.63. The van der Waals surface area contributed by atoms with Crippen LogP contribution in [0.4, 0.5) is 5.00 Å². The number of fused-ring (bicyclic) bond motifs is 1. The van der Waals surface area contributed by atoms with E-state index in [-0.39, 0.29) is 5.97 Å². The highest BCUT2D eigenvalue weighted by Crippen LogP contribution is 2.38. The van der Waals surface area contributed by atoms with Gasteiger partial charge in [-0.2, -0.15) is 5.10 Å². The van der Waals surface area contributed by atoms with E-state index in [1.165, 1.54) is 12.0 Å². The van der Waals surface area contributed by atoms with Crippen LogP contribution in [0.3, 0.4) is 0 Å². The third-order valence-corrected chi connectivity index (χ3v) is 5.84. The highest BCUT2D eigenvalue weighted by atomic mass is 32.1. The Balaban J connectivity index is 1.72. The van der Waals surface area contributed by atoms with Gasteiger partial charge in [-0.1, -0.05) is 0 Å². The third kappa shape index (κ3) is 3.85. The molecule has 3 rings (SSSR count). The molecular formula is C17H22N4O2S2. The summed E-state index contributed by atoms with van der Waals surface area (Å²) >= 11 is 7.00. The van der Waals surface area contributed by atoms with Crippen molar-refractivity contribution in [1.82, 2.24) is 15.1 Å². The summed E-state index contributed by atoms with van der Waals surface area (Å²) in [6, 6.07) is 2.01. The number of methoxy groups -OCH3 is 1. The molecule has 0 saturated carbocycles. The number of carbonyl (C=O) groups is 1. The molecule has 0 radical (unpaired) electrons. The molecule has 0 amide bonds. The van der Waals surface area contributed by atoms with Crippen LogP contribution in [-0.2, 0) is 31.2 Å². The van der Waals surface area contributed by atoms with E-state index in [4.69, 9.17) is 17.0 Å². The minimum absolute atomic E-state index is 0.301. The largest absolute Gasteiger partial charge is 0.465 e. The maximum Gasteiger partial charge on any atom is 0.341 e. The number of ether oxygens (including phenoxy) is 1. The molecule has 1 aliphatic rings. The highest BCUT2D eigenvalue weighted by Gasteiger charge is 2.26. The summed E-state index contributed by atoms with van der Waals surface area (Å²) < 4.78 is 6.81. The summed E-state index contributed by atoms with van der Waals surface area (Å²) in [4.78, 5) is 13.5. The summed E-state index contributed by atoms with van der Waals surface area (Å²) in [5.74, 6) is -0.301. The number of thiophene rings is 1. The van der Waals surface area contributed by atoms with Crippen molar-refractivity contribution >= 4 is 39.6 Å². The quantitative estimate of drug-likeness (QED) is 0.630. The first kappa shape index (κ1) is 17.9. The monoisotopic (exact) mass is 378 g/mol. The number of aromatic nitrogens is 2. The Bertz CT molecular complexity index is 790. The third-order valence-electron chi connectivity index (χ3n) is 4.38. The summed E-state index contributed by atoms with van der Waals surface area (Å²) in [7, 11) is 3.33. The van der Waals surface area contributed by atoms with E-state index in [0.29, 0.717) is 17.2 Å². The first-order valence-electron chi connectivity index (χ1n) is 8.26. The number of esters is 1. The topological polar surface area (TPSA) is 68.2 Å². The maximum absolute atomic E-state index is 12.2. The van der Waals surface area contributed by atoms with Gasteiger partial charge in [-0.05, 0) is 56.5 Å². The fraction of sp³-hybridized carbons (Fsp3) is 0.471. The van der Waals surface area contributed by atoms with Gasteiger partial charge in [0, 0.05) is 17.6 Å². The van der Waals surface area contributed by atoms with Crippen LogP contribution in [-0.4, -0.2) is 28.0 Å². The minimum Gasteiger partial charge on any atom is -0.465 e. The van der Waals surface area contributed by atoms with Gasteiger partial charge in [0.25, 0.3) is 0 Å². The Morgan fingerprint density at radius 2 is 2.20 bits per heavy atom. The molecule has 25 heavy (non-hydrogen) atoms. The van der Waals surface area contributed by atoms with Gasteiger partial charge in [0.05, 0.1) is 24.9 Å². The number of carbonyl (C=O) groups excluding carboxylic acids is 1. The molecule has 2 aromatic heterocycles. The Morgan fingerprint density at radius 3 is 2.88 bits per heavy atom. The molecular weight excluding hydrogens is 356 g/mol. The lowest BCUT2D eigenvalue weighted by atomic mass is 9.95. The average Bonchev–Trinajstić information content (AvgIpc) is 3.12. The zero-order valence-corrected chi connectivity index (χ0v) is 16.3. The lowest BCUT2D eigenvalue weighted by molar-refractivity contribution is 0.0601. The SMILES string of the molecule is COC(=O)c1c(NC(=S)NCc2cc(C)n(C)n2)sc2c1CCCC2. The molecule has 1 aliphatic carbocycles. The van der Waals surface area contributed by atoms with Crippen molar-refractivity contribution in [2.45, 2.75) is 39.2 Å². The van der Waals surface area contributed by atoms with Gasteiger partial charge in [-0.3, -0.25) is 4.68 Å². The lowest BCUT2D eigenvalue weighted by Crippen LogP contribution is -2.28. The Kier molecular flexibility index (Phi) is 5.39. The van der Waals surface area contributed by atoms with E-state index in [1.807, 2.05) is 24.7 Å². The van der Waals surface area contributed by atoms with Gasteiger partial charge in [-0.25, -0.2) is 4.79 Å². The predicted molar refractivity (Wildman–Crippen MR) is 103 cm³/mol. The zero-order valence-electron chi connectivity index (χ0n) is 14.6. The van der Waals surface area contributed by atoms with Gasteiger partial charge in [0.15, 0.2) is 5.11 Å². The summed E-state index contributed by atoms with van der Waals surface area (Å²) in [5.41, 5.74) is 3.77. The fourth-order valence-electron chi connectivity index (χ4n) is 3.01. The van der Waals surface area contributed by atoms with Crippen molar-refractivity contribution in [2.75, 3.05) is 12.4 Å². The molecule has 0 saturated heterocycles. The van der Waals surface area contributed by atoms with E-state index in [0.717, 1.165) is 47.6 Å². The minimum atomic E-state index is -0.301. The standard InChI is InChI=1S/C17H22N4O2S2/c1-10-8-11(20-21(10)2)9-18-17(24)19-15-14(16(22)23-3)12-6-4-5-7-13(12)25-15/h8H,4-7,9H2,1-3H3,(H2,18,19,24). The number of nitrogens with zero attached hydrogens (tertiary/aromatic N) is 2. The molecule has 0 spiro atoms. The Hall–Kier alpha value is -1.93. The van der Waals surface area contributed by atoms with Crippen LogP contribution in [0.1, 0.15) is 45.0 Å². The van der Waals surface area contributed by atoms with Crippen molar-refractivity contribution in [3.8, 4) is 0 Å². The molecule has 8 heteroatoms. The van der Waals surface area contributed by atoms with Crippen molar-refractivity contribution < 1.29 is 9.53 Å². The number of hydrogen-bond donors (Lipinski definition) is 2. The van der Waals surface area contributed by atoms with Gasteiger partial charge < -0.3 is 15.4 Å². The van der Waals surface area contributed by atoms with E-state index < -0.39 is 0 Å². The van der Waals surface area contributed by atoms with Gasteiger partial charge in [0.1, 0.15) is 5.00 Å². The van der Waals surface area contributed by atoms with Crippen LogP contribution in [0.15, 0.2) is 6.07 Å². The molecule has 0 unspecified atom stereocenters. The zero-order chi connectivity index (χ0) is 18.0. The Labute approximate surface area is 156 Å². The fourth-order valence-corrected chi connectivity index (χ4v) is 4.53. The van der Waals surface area contributed by atoms with E-state index in [1.54, 1.807) is 11.3 Å². The second-order valence-electron chi connectivity index (χ2n) is 6.11. The van der Waals surface area contributed by atoms with Crippen LogP contribution in [0.2, 0.25) is 0 Å². The smallest absolute Gasteiger partial charge is 0.341 e. The van der Waals surface area contributed by atoms with Crippen LogP contribution in [0, 0.1) is 6.92 Å². The molecule has 0 aromatic carbocycles. The number of nitrogens with one attached hydrogen (secondary N) is 2. The molecule has 2 aromatic rings. The average molecular weight is 379 g/mol. The number of hydrogen-bond acceptors (Lipinski definition) is 5. The molecule has 2 heterocycles. The lowest BCUT2D eigenvalue weighted by Gasteiger charge is -2.12. The van der Waals surface area contributed by atoms with E-state index in [2.05, 4.69) is 15.7 Å². The molecule has 0 fully saturated rings. The summed E-state index contributed by atoms with van der Waals surface area (Å²) in [6.07, 6.45) is 4.20. The van der Waals surface area contributed by atoms with Crippen LogP contribution in [0.25, 0.3) is 0 Å². The molecule has 0 bridgehead atoms. The van der Waals surface area contributed by atoms with Crippen molar-refractivity contribution in [3.05, 3.63) is 33.5 Å². The van der Waals surface area contributed by atoms with E-state index in [9.17, 15) is 4.79 Å².